The maximum absolute atomic E-state index is 12.7. The van der Waals surface area contributed by atoms with Crippen LogP contribution in [0.2, 0.25) is 0 Å². The Labute approximate surface area is 214 Å². The summed E-state index contributed by atoms with van der Waals surface area (Å²) in [4.78, 5) is 15.0. The number of carbonyl (C=O) groups is 1. The average molecular weight is 499 g/mol. The molecule has 0 aromatic heterocycles. The summed E-state index contributed by atoms with van der Waals surface area (Å²) >= 11 is 0. The van der Waals surface area contributed by atoms with Crippen LogP contribution in [0.3, 0.4) is 0 Å². The molecule has 0 radical (unpaired) electrons. The molecule has 2 aromatic rings. The number of carbonyl (C=O) groups excluding carboxylic acids is 1. The summed E-state index contributed by atoms with van der Waals surface area (Å²) in [5.41, 5.74) is 1.89. The van der Waals surface area contributed by atoms with Gasteiger partial charge in [-0.2, -0.15) is 0 Å². The zero-order chi connectivity index (χ0) is 25.9. The summed E-state index contributed by atoms with van der Waals surface area (Å²) in [5, 5.41) is 3.06. The van der Waals surface area contributed by atoms with Crippen LogP contribution in [-0.4, -0.2) is 70.6 Å². The van der Waals surface area contributed by atoms with E-state index in [2.05, 4.69) is 10.2 Å². The highest BCUT2D eigenvalue weighted by atomic mass is 16.5. The average Bonchev–Trinajstić information content (AvgIpc) is 2.89. The Bertz CT molecular complexity index is 1020. The van der Waals surface area contributed by atoms with Crippen molar-refractivity contribution in [2.45, 2.75) is 32.9 Å². The number of hydrogen-bond donors (Lipinski definition) is 1. The fourth-order valence-electron chi connectivity index (χ4n) is 4.08. The molecule has 1 saturated heterocycles. The molecular formula is C28H38N2O6. The summed E-state index contributed by atoms with van der Waals surface area (Å²) in [6.07, 6.45) is 3.34. The zero-order valence-electron chi connectivity index (χ0n) is 21.9. The third-order valence-electron chi connectivity index (χ3n) is 5.81. The molecular weight excluding hydrogens is 460 g/mol. The van der Waals surface area contributed by atoms with Gasteiger partial charge in [0.2, 0.25) is 5.91 Å². The zero-order valence-corrected chi connectivity index (χ0v) is 21.9. The highest BCUT2D eigenvalue weighted by Crippen LogP contribution is 2.32. The van der Waals surface area contributed by atoms with Gasteiger partial charge < -0.3 is 29.0 Å². The molecule has 1 N–H and O–H groups in total. The van der Waals surface area contributed by atoms with E-state index in [4.69, 9.17) is 23.7 Å². The predicted molar refractivity (Wildman–Crippen MR) is 140 cm³/mol. The molecule has 8 nitrogen and oxygen atoms in total. The molecule has 0 saturated carbocycles. The van der Waals surface area contributed by atoms with Crippen molar-refractivity contribution in [2.75, 3.05) is 53.7 Å². The van der Waals surface area contributed by atoms with Crippen LogP contribution < -0.4 is 24.3 Å². The number of amides is 1. The minimum absolute atomic E-state index is 0.0246. The normalized spacial score (nSPS) is 15.1. The summed E-state index contributed by atoms with van der Waals surface area (Å²) in [5.74, 6) is 2.51. The number of nitrogens with zero attached hydrogens (tertiary/aromatic N) is 1. The van der Waals surface area contributed by atoms with E-state index in [1.165, 1.54) is 6.08 Å². The Morgan fingerprint density at radius 2 is 1.72 bits per heavy atom. The number of nitrogens with one attached hydrogen (secondary N) is 1. The summed E-state index contributed by atoms with van der Waals surface area (Å²) in [6.45, 7) is 9.78. The van der Waals surface area contributed by atoms with Crippen LogP contribution in [0.15, 0.2) is 42.5 Å². The molecule has 0 aliphatic carbocycles. The minimum Gasteiger partial charge on any atom is -0.493 e. The molecule has 0 spiro atoms. The maximum Gasteiger partial charge on any atom is 0.244 e. The first-order valence-corrected chi connectivity index (χ1v) is 12.4. The molecule has 0 bridgehead atoms. The molecule has 1 unspecified atom stereocenters. The molecule has 2 aromatic carbocycles. The lowest BCUT2D eigenvalue weighted by molar-refractivity contribution is -0.116. The third kappa shape index (κ3) is 7.63. The van der Waals surface area contributed by atoms with Gasteiger partial charge in [-0.3, -0.25) is 9.69 Å². The van der Waals surface area contributed by atoms with Gasteiger partial charge in [-0.05, 0) is 62.2 Å². The van der Waals surface area contributed by atoms with Crippen LogP contribution in [0.25, 0.3) is 6.08 Å². The fourth-order valence-corrected chi connectivity index (χ4v) is 4.08. The second kappa shape index (κ2) is 13.8. The van der Waals surface area contributed by atoms with E-state index in [0.717, 1.165) is 24.2 Å². The van der Waals surface area contributed by atoms with E-state index in [9.17, 15) is 4.79 Å². The van der Waals surface area contributed by atoms with Gasteiger partial charge >= 0.3 is 0 Å². The molecule has 1 aliphatic heterocycles. The number of ether oxygens (including phenoxy) is 5. The molecule has 1 fully saturated rings. The SMILES string of the molecule is CCOc1ccc(C(CNC(=O)/C=C/c2ccc(OC(C)C)c(OC)c2)N2CCOCC2)cc1OC. The van der Waals surface area contributed by atoms with E-state index in [-0.39, 0.29) is 18.1 Å². The van der Waals surface area contributed by atoms with Crippen molar-refractivity contribution in [1.82, 2.24) is 10.2 Å². The van der Waals surface area contributed by atoms with Gasteiger partial charge in [-0.1, -0.05) is 12.1 Å². The van der Waals surface area contributed by atoms with Crippen molar-refractivity contribution in [3.8, 4) is 23.0 Å². The Morgan fingerprint density at radius 1 is 1.03 bits per heavy atom. The number of benzene rings is 2. The second-order valence-corrected chi connectivity index (χ2v) is 8.66. The van der Waals surface area contributed by atoms with Gasteiger partial charge in [0, 0.05) is 25.7 Å². The van der Waals surface area contributed by atoms with Gasteiger partial charge in [-0.15, -0.1) is 0 Å². The predicted octanol–water partition coefficient (Wildman–Crippen LogP) is 4.09. The van der Waals surface area contributed by atoms with E-state index >= 15 is 0 Å². The van der Waals surface area contributed by atoms with Crippen LogP contribution in [0, 0.1) is 0 Å². The lowest BCUT2D eigenvalue weighted by atomic mass is 10.0. The van der Waals surface area contributed by atoms with Gasteiger partial charge in [0.05, 0.1) is 46.2 Å². The topological polar surface area (TPSA) is 78.5 Å². The summed E-state index contributed by atoms with van der Waals surface area (Å²) < 4.78 is 28.0. The van der Waals surface area contributed by atoms with Gasteiger partial charge in [0.1, 0.15) is 0 Å². The first-order chi connectivity index (χ1) is 17.4. The number of hydrogen-bond acceptors (Lipinski definition) is 7. The van der Waals surface area contributed by atoms with E-state index in [1.54, 1.807) is 20.3 Å². The highest BCUT2D eigenvalue weighted by Gasteiger charge is 2.24. The molecule has 1 atom stereocenters. The van der Waals surface area contributed by atoms with Crippen molar-refractivity contribution in [1.29, 1.82) is 0 Å². The lowest BCUT2D eigenvalue weighted by Gasteiger charge is -2.35. The third-order valence-corrected chi connectivity index (χ3v) is 5.81. The van der Waals surface area contributed by atoms with E-state index in [0.29, 0.717) is 49.4 Å². The monoisotopic (exact) mass is 498 g/mol. The smallest absolute Gasteiger partial charge is 0.244 e. The number of morpholine rings is 1. The van der Waals surface area contributed by atoms with Crippen molar-refractivity contribution in [2.24, 2.45) is 0 Å². The Balaban J connectivity index is 1.71. The van der Waals surface area contributed by atoms with Crippen LogP contribution >= 0.6 is 0 Å². The Kier molecular flexibility index (Phi) is 10.5. The largest absolute Gasteiger partial charge is 0.493 e. The molecule has 1 aliphatic rings. The van der Waals surface area contributed by atoms with Crippen molar-refractivity contribution >= 4 is 12.0 Å². The van der Waals surface area contributed by atoms with Crippen LogP contribution in [-0.2, 0) is 9.53 Å². The molecule has 1 heterocycles. The number of rotatable bonds is 12. The highest BCUT2D eigenvalue weighted by molar-refractivity contribution is 5.91. The van der Waals surface area contributed by atoms with E-state index in [1.807, 2.05) is 57.2 Å². The lowest BCUT2D eigenvalue weighted by Crippen LogP contribution is -2.43. The first kappa shape index (κ1) is 27.4. The first-order valence-electron chi connectivity index (χ1n) is 12.4. The Morgan fingerprint density at radius 3 is 2.39 bits per heavy atom. The van der Waals surface area contributed by atoms with Crippen molar-refractivity contribution in [3.63, 3.8) is 0 Å². The van der Waals surface area contributed by atoms with Gasteiger partial charge in [-0.25, -0.2) is 0 Å². The molecule has 196 valence electrons. The van der Waals surface area contributed by atoms with Crippen LogP contribution in [0.4, 0.5) is 0 Å². The molecule has 8 heteroatoms. The van der Waals surface area contributed by atoms with Gasteiger partial charge in [0.15, 0.2) is 23.0 Å². The van der Waals surface area contributed by atoms with Crippen LogP contribution in [0.5, 0.6) is 23.0 Å². The maximum atomic E-state index is 12.7. The van der Waals surface area contributed by atoms with E-state index < -0.39 is 0 Å². The fraction of sp³-hybridized carbons (Fsp3) is 0.464. The quantitative estimate of drug-likeness (QED) is 0.442. The molecule has 1 amide bonds. The van der Waals surface area contributed by atoms with Crippen molar-refractivity contribution in [3.05, 3.63) is 53.6 Å². The van der Waals surface area contributed by atoms with Gasteiger partial charge in [0.25, 0.3) is 0 Å². The second-order valence-electron chi connectivity index (χ2n) is 8.66. The Hall–Kier alpha value is -3.23. The standard InChI is InChI=1S/C28H38N2O6/c1-6-35-24-11-9-22(18-27(24)33-5)23(30-13-15-34-16-14-30)19-29-28(31)12-8-21-7-10-25(36-20(2)3)26(17-21)32-4/h7-12,17-18,20,23H,6,13-16,19H2,1-5H3,(H,29,31)/b12-8+. The number of methoxy groups -OCH3 is 2. The summed E-state index contributed by atoms with van der Waals surface area (Å²) in [7, 11) is 3.23. The molecule has 3 rings (SSSR count). The van der Waals surface area contributed by atoms with Crippen LogP contribution in [0.1, 0.15) is 37.9 Å². The summed E-state index contributed by atoms with van der Waals surface area (Å²) in [6, 6.07) is 11.5. The minimum atomic E-state index is -0.173. The molecule has 36 heavy (non-hydrogen) atoms. The van der Waals surface area contributed by atoms with Crippen molar-refractivity contribution < 1.29 is 28.5 Å².